The van der Waals surface area contributed by atoms with Crippen molar-refractivity contribution in [3.63, 3.8) is 0 Å². The Balaban J connectivity index is 1.76. The highest BCUT2D eigenvalue weighted by molar-refractivity contribution is 5.99. The zero-order valence-electron chi connectivity index (χ0n) is 12.2. The number of methoxy groups -OCH3 is 1. The highest BCUT2D eigenvalue weighted by atomic mass is 16.5. The molecule has 0 aliphatic carbocycles. The Kier molecular flexibility index (Phi) is 3.75. The Hall–Kier alpha value is -2.50. The molecule has 0 radical (unpaired) electrons. The van der Waals surface area contributed by atoms with Gasteiger partial charge in [0.05, 0.1) is 18.6 Å². The van der Waals surface area contributed by atoms with E-state index in [9.17, 15) is 9.59 Å². The summed E-state index contributed by atoms with van der Waals surface area (Å²) in [6.07, 6.45) is 2.30. The van der Waals surface area contributed by atoms with E-state index in [4.69, 9.17) is 14.6 Å². The number of likely N-dealkylation sites (tertiary alicyclic amines) is 1. The van der Waals surface area contributed by atoms with E-state index in [1.54, 1.807) is 24.2 Å². The molecule has 1 aromatic carbocycles. The summed E-state index contributed by atoms with van der Waals surface area (Å²) < 4.78 is 10.8. The van der Waals surface area contributed by atoms with Crippen LogP contribution in [0.15, 0.2) is 23.8 Å². The summed E-state index contributed by atoms with van der Waals surface area (Å²) in [6.45, 7) is 0.927. The van der Waals surface area contributed by atoms with Gasteiger partial charge in [-0.25, -0.2) is 0 Å². The summed E-state index contributed by atoms with van der Waals surface area (Å²) in [5.74, 6) is -0.0797. The number of carbonyl (C=O) groups is 2. The number of aliphatic carboxylic acids is 1. The molecule has 22 heavy (non-hydrogen) atoms. The predicted molar refractivity (Wildman–Crippen MR) is 78.8 cm³/mol. The minimum Gasteiger partial charge on any atom is -0.497 e. The van der Waals surface area contributed by atoms with E-state index in [1.165, 1.54) is 0 Å². The lowest BCUT2D eigenvalue weighted by Gasteiger charge is -2.22. The number of ether oxygens (including phenoxy) is 2. The lowest BCUT2D eigenvalue weighted by atomic mass is 10.1. The molecule has 1 aromatic rings. The fourth-order valence-corrected chi connectivity index (χ4v) is 2.74. The molecule has 0 unspecified atom stereocenters. The van der Waals surface area contributed by atoms with E-state index in [2.05, 4.69) is 0 Å². The number of benzene rings is 1. The molecule has 6 nitrogen and oxygen atoms in total. The van der Waals surface area contributed by atoms with E-state index in [1.807, 2.05) is 12.1 Å². The fourth-order valence-electron chi connectivity index (χ4n) is 2.74. The van der Waals surface area contributed by atoms with Crippen LogP contribution in [0.3, 0.4) is 0 Å². The molecule has 2 aliphatic heterocycles. The van der Waals surface area contributed by atoms with Gasteiger partial charge >= 0.3 is 5.97 Å². The molecule has 1 amide bonds. The van der Waals surface area contributed by atoms with Crippen LogP contribution in [0.2, 0.25) is 0 Å². The summed E-state index contributed by atoms with van der Waals surface area (Å²) in [5.41, 5.74) is 1.37. The van der Waals surface area contributed by atoms with Gasteiger partial charge in [-0.1, -0.05) is 0 Å². The lowest BCUT2D eigenvalue weighted by Crippen LogP contribution is -2.33. The molecular formula is C16H17NO5. The van der Waals surface area contributed by atoms with Crippen LogP contribution in [0.4, 0.5) is 0 Å². The maximum Gasteiger partial charge on any atom is 0.308 e. The number of hydrogen-bond acceptors (Lipinski definition) is 4. The third-order valence-corrected chi connectivity index (χ3v) is 4.03. The summed E-state index contributed by atoms with van der Waals surface area (Å²) in [5, 5.41) is 9.01. The van der Waals surface area contributed by atoms with Gasteiger partial charge in [-0.3, -0.25) is 9.59 Å². The standard InChI is InChI=1S/C16H17NO5/c1-21-13-3-2-10-6-12(9-22-14(10)7-13)15(18)17-5-4-11(8-17)16(19)20/h2-3,6-7,11H,4-5,8-9H2,1H3,(H,19,20)/t11-/m0/s1. The third-order valence-electron chi connectivity index (χ3n) is 4.03. The maximum atomic E-state index is 12.5. The second-order valence-corrected chi connectivity index (χ2v) is 5.44. The highest BCUT2D eigenvalue weighted by Crippen LogP contribution is 2.31. The topological polar surface area (TPSA) is 76.1 Å². The first kappa shape index (κ1) is 14.4. The second-order valence-electron chi connectivity index (χ2n) is 5.44. The van der Waals surface area contributed by atoms with Crippen LogP contribution >= 0.6 is 0 Å². The lowest BCUT2D eigenvalue weighted by molar-refractivity contribution is -0.141. The molecule has 3 rings (SSSR count). The average molecular weight is 303 g/mol. The average Bonchev–Trinajstić information content (AvgIpc) is 3.03. The van der Waals surface area contributed by atoms with Gasteiger partial charge in [0.15, 0.2) is 0 Å². The van der Waals surface area contributed by atoms with Gasteiger partial charge < -0.3 is 19.5 Å². The number of carboxylic acids is 1. The van der Waals surface area contributed by atoms with Gasteiger partial charge in [0.2, 0.25) is 0 Å². The minimum atomic E-state index is -0.846. The number of amides is 1. The number of rotatable bonds is 3. The van der Waals surface area contributed by atoms with Gasteiger partial charge in [0.25, 0.3) is 5.91 Å². The molecule has 116 valence electrons. The monoisotopic (exact) mass is 303 g/mol. The number of nitrogens with zero attached hydrogens (tertiary/aromatic N) is 1. The molecule has 0 bridgehead atoms. The molecule has 1 fully saturated rings. The first-order valence-electron chi connectivity index (χ1n) is 7.12. The molecule has 0 spiro atoms. The highest BCUT2D eigenvalue weighted by Gasteiger charge is 2.32. The Labute approximate surface area is 127 Å². The number of carbonyl (C=O) groups excluding carboxylic acids is 1. The number of carboxylic acid groups (broad SMARTS) is 1. The van der Waals surface area contributed by atoms with Crippen molar-refractivity contribution in [2.75, 3.05) is 26.8 Å². The first-order valence-corrected chi connectivity index (χ1v) is 7.12. The summed E-state index contributed by atoms with van der Waals surface area (Å²) in [7, 11) is 1.58. The Bertz CT molecular complexity index is 652. The van der Waals surface area contributed by atoms with Crippen molar-refractivity contribution >= 4 is 18.0 Å². The number of fused-ring (bicyclic) bond motifs is 1. The van der Waals surface area contributed by atoms with Crippen molar-refractivity contribution in [1.82, 2.24) is 4.90 Å². The van der Waals surface area contributed by atoms with Crippen molar-refractivity contribution in [2.45, 2.75) is 6.42 Å². The maximum absolute atomic E-state index is 12.5. The van der Waals surface area contributed by atoms with Crippen molar-refractivity contribution in [3.8, 4) is 11.5 Å². The quantitative estimate of drug-likeness (QED) is 0.913. The zero-order valence-corrected chi connectivity index (χ0v) is 12.2. The van der Waals surface area contributed by atoms with Gasteiger partial charge in [-0.05, 0) is 24.6 Å². The van der Waals surface area contributed by atoms with Gasteiger partial charge in [0, 0.05) is 24.7 Å². The molecular weight excluding hydrogens is 286 g/mol. The summed E-state index contributed by atoms with van der Waals surface area (Å²) in [4.78, 5) is 25.0. The van der Waals surface area contributed by atoms with Crippen LogP contribution in [0.5, 0.6) is 11.5 Å². The van der Waals surface area contributed by atoms with E-state index >= 15 is 0 Å². The van der Waals surface area contributed by atoms with Gasteiger partial charge in [0.1, 0.15) is 18.1 Å². The van der Waals surface area contributed by atoms with E-state index in [-0.39, 0.29) is 19.1 Å². The van der Waals surface area contributed by atoms with Crippen molar-refractivity contribution in [3.05, 3.63) is 29.3 Å². The molecule has 2 aliphatic rings. The van der Waals surface area contributed by atoms with Crippen LogP contribution in [-0.4, -0.2) is 48.7 Å². The Morgan fingerprint density at radius 2 is 2.23 bits per heavy atom. The molecule has 6 heteroatoms. The normalized spacial score (nSPS) is 20.0. The van der Waals surface area contributed by atoms with Crippen LogP contribution in [0, 0.1) is 5.92 Å². The van der Waals surface area contributed by atoms with Crippen LogP contribution in [0.25, 0.3) is 6.08 Å². The number of hydrogen-bond donors (Lipinski definition) is 1. The van der Waals surface area contributed by atoms with Crippen LogP contribution in [-0.2, 0) is 9.59 Å². The molecule has 1 N–H and O–H groups in total. The fraction of sp³-hybridized carbons (Fsp3) is 0.375. The molecule has 1 saturated heterocycles. The second kappa shape index (κ2) is 5.71. The Morgan fingerprint density at radius 3 is 2.91 bits per heavy atom. The van der Waals surface area contributed by atoms with Gasteiger partial charge in [-0.2, -0.15) is 0 Å². The van der Waals surface area contributed by atoms with Crippen LogP contribution in [0.1, 0.15) is 12.0 Å². The molecule has 0 aromatic heterocycles. The third kappa shape index (κ3) is 2.64. The summed E-state index contributed by atoms with van der Waals surface area (Å²) in [6, 6.07) is 5.43. The predicted octanol–water partition coefficient (Wildman–Crippen LogP) is 1.40. The van der Waals surface area contributed by atoms with Gasteiger partial charge in [-0.15, -0.1) is 0 Å². The van der Waals surface area contributed by atoms with Crippen molar-refractivity contribution in [2.24, 2.45) is 5.92 Å². The SMILES string of the molecule is COc1ccc2c(c1)OCC(C(=O)N1CC[C@H](C(=O)O)C1)=C2. The zero-order chi connectivity index (χ0) is 15.7. The molecule has 0 saturated carbocycles. The minimum absolute atomic E-state index is 0.148. The molecule has 1 atom stereocenters. The smallest absolute Gasteiger partial charge is 0.308 e. The summed E-state index contributed by atoms with van der Waals surface area (Å²) >= 11 is 0. The van der Waals surface area contributed by atoms with E-state index in [0.717, 1.165) is 5.56 Å². The van der Waals surface area contributed by atoms with Crippen molar-refractivity contribution in [1.29, 1.82) is 0 Å². The van der Waals surface area contributed by atoms with E-state index < -0.39 is 11.9 Å². The first-order chi connectivity index (χ1) is 10.6. The van der Waals surface area contributed by atoms with E-state index in [0.29, 0.717) is 30.0 Å². The largest absolute Gasteiger partial charge is 0.497 e. The van der Waals surface area contributed by atoms with Crippen LogP contribution < -0.4 is 9.47 Å². The van der Waals surface area contributed by atoms with Crippen molar-refractivity contribution < 1.29 is 24.2 Å². The Morgan fingerprint density at radius 1 is 1.41 bits per heavy atom. The molecule has 2 heterocycles.